The first-order valence-electron chi connectivity index (χ1n) is 17.3. The summed E-state index contributed by atoms with van der Waals surface area (Å²) in [5.74, 6) is -1.04. The monoisotopic (exact) mass is 661 g/mol. The number of rotatable bonds is 9. The Morgan fingerprint density at radius 2 is 1.71 bits per heavy atom. The van der Waals surface area contributed by atoms with Gasteiger partial charge in [0.2, 0.25) is 0 Å². The van der Waals surface area contributed by atoms with Crippen LogP contribution in [0.2, 0.25) is 0 Å². The number of carbonyl (C=O) groups is 1. The van der Waals surface area contributed by atoms with Crippen molar-refractivity contribution in [3.05, 3.63) is 81.4 Å². The van der Waals surface area contributed by atoms with Crippen molar-refractivity contribution < 1.29 is 24.1 Å². The molecule has 0 bridgehead atoms. The molecule has 0 amide bonds. The van der Waals surface area contributed by atoms with Crippen LogP contribution in [0.4, 0.5) is 10.1 Å². The highest BCUT2D eigenvalue weighted by Gasteiger charge is 2.31. The molecule has 1 saturated heterocycles. The zero-order valence-corrected chi connectivity index (χ0v) is 30.5. The minimum atomic E-state index is -0.845. The van der Waals surface area contributed by atoms with E-state index >= 15 is 0 Å². The van der Waals surface area contributed by atoms with Crippen molar-refractivity contribution in [3.63, 3.8) is 0 Å². The summed E-state index contributed by atoms with van der Waals surface area (Å²) in [4.78, 5) is 21.9. The summed E-state index contributed by atoms with van der Waals surface area (Å²) < 4.78 is 19.8. The van der Waals surface area contributed by atoms with Crippen LogP contribution in [-0.2, 0) is 42.1 Å². The molecule has 2 aliphatic rings. The van der Waals surface area contributed by atoms with Gasteiger partial charge in [-0.2, -0.15) is 0 Å². The van der Waals surface area contributed by atoms with E-state index in [4.69, 9.17) is 14.8 Å². The van der Waals surface area contributed by atoms with Crippen LogP contribution in [0.5, 0.6) is 0 Å². The second-order valence-corrected chi connectivity index (χ2v) is 15.6. The summed E-state index contributed by atoms with van der Waals surface area (Å²) in [5, 5.41) is 18.5. The fourth-order valence-electron chi connectivity index (χ4n) is 6.47. The number of hydrogen-bond acceptors (Lipinski definition) is 6. The lowest BCUT2D eigenvalue weighted by atomic mass is 9.81. The van der Waals surface area contributed by atoms with Crippen LogP contribution in [0.1, 0.15) is 101 Å². The number of benzene rings is 2. The summed E-state index contributed by atoms with van der Waals surface area (Å²) >= 11 is 0. The van der Waals surface area contributed by atoms with Gasteiger partial charge in [-0.1, -0.05) is 38.1 Å². The molecule has 0 aliphatic carbocycles. The average molecular weight is 662 g/mol. The van der Waals surface area contributed by atoms with Gasteiger partial charge in [0.05, 0.1) is 36.1 Å². The van der Waals surface area contributed by atoms with E-state index in [9.17, 15) is 14.3 Å². The first-order chi connectivity index (χ1) is 22.4. The van der Waals surface area contributed by atoms with Crippen molar-refractivity contribution in [2.45, 2.75) is 119 Å². The number of carboxylic acids is 1. The summed E-state index contributed by atoms with van der Waals surface area (Å²) in [6.45, 7) is 22.5. The van der Waals surface area contributed by atoms with Gasteiger partial charge < -0.3 is 19.8 Å². The molecule has 0 spiro atoms. The first kappa shape index (κ1) is 37.5. The number of pyridine rings is 1. The molecule has 2 aliphatic heterocycles. The van der Waals surface area contributed by atoms with Gasteiger partial charge in [-0.15, -0.1) is 0 Å². The van der Waals surface area contributed by atoms with Crippen molar-refractivity contribution >= 4 is 11.7 Å². The number of fused-ring (bicyclic) bond motifs is 1. The third-order valence-corrected chi connectivity index (χ3v) is 9.15. The number of hydrogen-bond donors (Lipinski definition) is 2. The topological polar surface area (TPSA) is 86.1 Å². The van der Waals surface area contributed by atoms with Gasteiger partial charge in [-0.25, -0.2) is 4.39 Å². The fourth-order valence-corrected chi connectivity index (χ4v) is 6.47. The van der Waals surface area contributed by atoms with Crippen LogP contribution < -0.4 is 4.90 Å². The number of anilines is 1. The summed E-state index contributed by atoms with van der Waals surface area (Å²) in [6.07, 6.45) is 2.99. The van der Waals surface area contributed by atoms with Gasteiger partial charge in [0.25, 0.3) is 0 Å². The van der Waals surface area contributed by atoms with Crippen LogP contribution in [-0.4, -0.2) is 57.4 Å². The molecule has 1 aromatic heterocycles. The van der Waals surface area contributed by atoms with Crippen molar-refractivity contribution in [2.75, 3.05) is 24.5 Å². The lowest BCUT2D eigenvalue weighted by Gasteiger charge is -2.40. The van der Waals surface area contributed by atoms with Crippen LogP contribution >= 0.6 is 0 Å². The van der Waals surface area contributed by atoms with Crippen molar-refractivity contribution in [1.82, 2.24) is 9.88 Å². The highest BCUT2D eigenvalue weighted by atomic mass is 19.1. The fraction of sp³-hybridized carbons (Fsp3) is 0.550. The number of nitrogens with zero attached hydrogens (tertiary/aromatic N) is 3. The molecule has 2 N–H and O–H groups in total. The lowest BCUT2D eigenvalue weighted by molar-refractivity contribution is -0.136. The van der Waals surface area contributed by atoms with E-state index in [-0.39, 0.29) is 23.8 Å². The molecule has 3 heterocycles. The van der Waals surface area contributed by atoms with Crippen LogP contribution in [0.15, 0.2) is 36.4 Å². The molecule has 262 valence electrons. The maximum absolute atomic E-state index is 13.6. The van der Waals surface area contributed by atoms with Gasteiger partial charge in [-0.05, 0) is 113 Å². The van der Waals surface area contributed by atoms with Gasteiger partial charge in [0.1, 0.15) is 5.82 Å². The molecular weight excluding hydrogens is 605 g/mol. The van der Waals surface area contributed by atoms with Crippen LogP contribution in [0, 0.1) is 25.1 Å². The summed E-state index contributed by atoms with van der Waals surface area (Å²) in [5.41, 5.74) is 10.0. The highest BCUT2D eigenvalue weighted by Crippen LogP contribution is 2.43. The van der Waals surface area contributed by atoms with Crippen molar-refractivity contribution in [1.29, 1.82) is 0 Å². The molecule has 1 fully saturated rings. The second kappa shape index (κ2) is 15.5. The highest BCUT2D eigenvalue weighted by molar-refractivity contribution is 5.87. The Labute approximate surface area is 287 Å². The molecule has 48 heavy (non-hydrogen) atoms. The Kier molecular flexibility index (Phi) is 12.1. The van der Waals surface area contributed by atoms with Gasteiger partial charge in [0.15, 0.2) is 0 Å². The van der Waals surface area contributed by atoms with E-state index < -0.39 is 11.6 Å². The van der Waals surface area contributed by atoms with E-state index in [1.165, 1.54) is 11.1 Å². The van der Waals surface area contributed by atoms with Gasteiger partial charge in [0, 0.05) is 49.5 Å². The number of piperidine rings is 1. The van der Waals surface area contributed by atoms with Crippen molar-refractivity contribution in [2.24, 2.45) is 5.41 Å². The minimum Gasteiger partial charge on any atom is -0.481 e. The molecule has 3 aromatic rings. The van der Waals surface area contributed by atoms with E-state index in [0.717, 1.165) is 96.9 Å². The molecule has 0 saturated carbocycles. The number of halogens is 1. The molecule has 2 aromatic carbocycles. The van der Waals surface area contributed by atoms with Crippen LogP contribution in [0.25, 0.3) is 11.1 Å². The SMILES string of the molecule is CC(C)(C)O.Cc1cc(F)ccc1CN1CCc2cc(-c3c(COC(C)C)nc(C)c(CC(=O)O)c3N3CCC(C)(C)CC3)ccc2C1. The summed E-state index contributed by atoms with van der Waals surface area (Å²) in [7, 11) is 0. The predicted octanol–water partition coefficient (Wildman–Crippen LogP) is 8.02. The Hall–Kier alpha value is -3.33. The molecular formula is C40H56FN3O4. The largest absolute Gasteiger partial charge is 0.481 e. The third-order valence-electron chi connectivity index (χ3n) is 9.15. The Bertz CT molecular complexity index is 1580. The number of ether oxygens (including phenoxy) is 1. The number of aliphatic hydroxyl groups is 1. The number of carboxylic acid groups (broad SMARTS) is 1. The predicted molar refractivity (Wildman–Crippen MR) is 192 cm³/mol. The number of aliphatic carboxylic acids is 1. The molecule has 0 atom stereocenters. The standard InChI is InChI=1S/C36H46FN3O3.C4H10O/c1-23(2)43-22-32-34(35(31(19-33(41)42)25(4)38-32)40-15-12-36(5,6)13-16-40)27-7-8-29-21-39(14-11-26(29)18-27)20-28-9-10-30(37)17-24(28)3;1-4(2,3)5/h7-10,17-18,23H,11-16,19-22H2,1-6H3,(H,41,42);5H,1-3H3. The Balaban J connectivity index is 0.000000968. The third kappa shape index (κ3) is 10.3. The second-order valence-electron chi connectivity index (χ2n) is 15.6. The molecule has 0 unspecified atom stereocenters. The molecule has 5 rings (SSSR count). The molecule has 8 heteroatoms. The Morgan fingerprint density at radius 1 is 1.04 bits per heavy atom. The van der Waals surface area contributed by atoms with Gasteiger partial charge in [-0.3, -0.25) is 14.7 Å². The smallest absolute Gasteiger partial charge is 0.307 e. The Morgan fingerprint density at radius 3 is 2.31 bits per heavy atom. The van der Waals surface area contributed by atoms with E-state index in [2.05, 4.69) is 41.8 Å². The normalized spacial score (nSPS) is 16.4. The maximum Gasteiger partial charge on any atom is 0.307 e. The summed E-state index contributed by atoms with van der Waals surface area (Å²) in [6, 6.07) is 11.7. The van der Waals surface area contributed by atoms with E-state index in [0.29, 0.717) is 6.61 Å². The zero-order chi connectivity index (χ0) is 35.4. The van der Waals surface area contributed by atoms with Crippen LogP contribution in [0.3, 0.4) is 0 Å². The van der Waals surface area contributed by atoms with E-state index in [1.54, 1.807) is 32.9 Å². The minimum absolute atomic E-state index is 0.0483. The van der Waals surface area contributed by atoms with E-state index in [1.807, 2.05) is 33.8 Å². The maximum atomic E-state index is 13.6. The number of aromatic nitrogens is 1. The molecule has 0 radical (unpaired) electrons. The zero-order valence-electron chi connectivity index (χ0n) is 30.5. The quantitative estimate of drug-likeness (QED) is 0.240. The first-order valence-corrected chi connectivity index (χ1v) is 17.3. The average Bonchev–Trinajstić information content (AvgIpc) is 2.97. The number of aryl methyl sites for hydroxylation is 2. The van der Waals surface area contributed by atoms with Crippen molar-refractivity contribution in [3.8, 4) is 11.1 Å². The molecule has 7 nitrogen and oxygen atoms in total. The van der Waals surface area contributed by atoms with Gasteiger partial charge >= 0.3 is 5.97 Å². The lowest BCUT2D eigenvalue weighted by Crippen LogP contribution is -2.38.